The lowest BCUT2D eigenvalue weighted by atomic mass is 9.83. The van der Waals surface area contributed by atoms with Crippen molar-refractivity contribution < 1.29 is 5.11 Å². The van der Waals surface area contributed by atoms with Crippen molar-refractivity contribution in [1.82, 2.24) is 0 Å². The number of aliphatic hydroxyl groups excluding tert-OH is 1. The molecule has 1 nitrogen and oxygen atoms in total. The van der Waals surface area contributed by atoms with Gasteiger partial charge in [-0.05, 0) is 48.6 Å². The Bertz CT molecular complexity index is 352. The van der Waals surface area contributed by atoms with Gasteiger partial charge >= 0.3 is 0 Å². The summed E-state index contributed by atoms with van der Waals surface area (Å²) in [5, 5.41) is 8.97. The summed E-state index contributed by atoms with van der Waals surface area (Å²) < 4.78 is 0. The highest BCUT2D eigenvalue weighted by atomic mass is 16.3. The summed E-state index contributed by atoms with van der Waals surface area (Å²) in [4.78, 5) is 0. The molecule has 0 aliphatic heterocycles. The van der Waals surface area contributed by atoms with Gasteiger partial charge in [-0.1, -0.05) is 50.5 Å². The van der Waals surface area contributed by atoms with Gasteiger partial charge in [0.25, 0.3) is 0 Å². The van der Waals surface area contributed by atoms with E-state index in [1.807, 2.05) is 0 Å². The second kappa shape index (κ2) is 6.94. The molecule has 1 aromatic rings. The van der Waals surface area contributed by atoms with E-state index in [-0.39, 0.29) is 0 Å². The molecule has 1 aliphatic rings. The molecule has 1 aromatic carbocycles. The van der Waals surface area contributed by atoms with Crippen LogP contribution in [0.1, 0.15) is 62.5 Å². The molecule has 1 unspecified atom stereocenters. The van der Waals surface area contributed by atoms with Crippen LogP contribution in [-0.2, 0) is 6.42 Å². The molecule has 0 aromatic heterocycles. The van der Waals surface area contributed by atoms with Crippen LogP contribution in [0.25, 0.3) is 0 Å². The van der Waals surface area contributed by atoms with Crippen molar-refractivity contribution in [3.05, 3.63) is 35.4 Å². The molecule has 1 aliphatic carbocycles. The second-order valence-electron chi connectivity index (χ2n) is 5.90. The Balaban J connectivity index is 2.00. The third kappa shape index (κ3) is 3.84. The van der Waals surface area contributed by atoms with E-state index in [2.05, 4.69) is 31.2 Å². The lowest BCUT2D eigenvalue weighted by molar-refractivity contribution is 0.262. The predicted octanol–water partition coefficient (Wildman–Crippen LogP) is 4.30. The minimum atomic E-state index is 0.309. The first-order valence-corrected chi connectivity index (χ1v) is 7.49. The number of aliphatic hydroxyl groups is 1. The van der Waals surface area contributed by atoms with Gasteiger partial charge < -0.3 is 5.11 Å². The molecule has 0 saturated heterocycles. The molecule has 0 bridgehead atoms. The van der Waals surface area contributed by atoms with Crippen molar-refractivity contribution in [3.8, 4) is 0 Å². The minimum absolute atomic E-state index is 0.309. The van der Waals surface area contributed by atoms with Crippen LogP contribution in [-0.4, -0.2) is 11.7 Å². The summed E-state index contributed by atoms with van der Waals surface area (Å²) in [6.45, 7) is 2.53. The van der Waals surface area contributed by atoms with Crippen LogP contribution in [0.5, 0.6) is 0 Å². The van der Waals surface area contributed by atoms with Crippen molar-refractivity contribution in [2.75, 3.05) is 6.61 Å². The van der Waals surface area contributed by atoms with E-state index in [1.54, 1.807) is 5.56 Å². The summed E-state index contributed by atoms with van der Waals surface area (Å²) in [5.41, 5.74) is 2.99. The molecule has 1 heteroatoms. The number of benzene rings is 1. The largest absolute Gasteiger partial charge is 0.396 e. The molecular weight excluding hydrogens is 220 g/mol. The lowest BCUT2D eigenvalue weighted by Crippen LogP contribution is -2.06. The quantitative estimate of drug-likeness (QED) is 0.821. The molecule has 100 valence electrons. The fraction of sp³-hybridized carbons (Fsp3) is 0.647. The Morgan fingerprint density at radius 2 is 2.00 bits per heavy atom. The number of hydrogen-bond donors (Lipinski definition) is 1. The van der Waals surface area contributed by atoms with E-state index in [0.29, 0.717) is 12.5 Å². The first-order valence-electron chi connectivity index (χ1n) is 7.49. The monoisotopic (exact) mass is 246 g/mol. The molecule has 1 atom stereocenters. The highest BCUT2D eigenvalue weighted by molar-refractivity contribution is 5.27. The summed E-state index contributed by atoms with van der Waals surface area (Å²) in [5.74, 6) is 1.38. The van der Waals surface area contributed by atoms with Crippen molar-refractivity contribution in [3.63, 3.8) is 0 Å². The average molecular weight is 246 g/mol. The molecular formula is C17H26O. The minimum Gasteiger partial charge on any atom is -0.396 e. The van der Waals surface area contributed by atoms with Gasteiger partial charge in [0.05, 0.1) is 0 Å². The molecule has 1 fully saturated rings. The highest BCUT2D eigenvalue weighted by Gasteiger charge is 2.15. The molecule has 18 heavy (non-hydrogen) atoms. The third-order valence-corrected chi connectivity index (χ3v) is 4.23. The molecule has 1 N–H and O–H groups in total. The van der Waals surface area contributed by atoms with Crippen molar-refractivity contribution in [2.45, 2.75) is 57.8 Å². The summed E-state index contributed by atoms with van der Waals surface area (Å²) in [7, 11) is 0. The fourth-order valence-electron chi connectivity index (χ4n) is 3.13. The summed E-state index contributed by atoms with van der Waals surface area (Å²) >= 11 is 0. The number of rotatable bonds is 5. The third-order valence-electron chi connectivity index (χ3n) is 4.23. The standard InChI is InChI=1S/C17H26O/c1-14(10-11-18)12-15-6-5-9-17(13-15)16-7-3-2-4-8-16/h5-6,9,13-14,16,18H,2-4,7-8,10-12H2,1H3. The maximum Gasteiger partial charge on any atom is 0.0433 e. The Hall–Kier alpha value is -0.820. The van der Waals surface area contributed by atoms with E-state index in [0.717, 1.165) is 18.8 Å². The van der Waals surface area contributed by atoms with E-state index in [9.17, 15) is 0 Å². The first kappa shape index (κ1) is 13.6. The maximum absolute atomic E-state index is 8.97. The van der Waals surface area contributed by atoms with E-state index in [4.69, 9.17) is 5.11 Å². The fourth-order valence-corrected chi connectivity index (χ4v) is 3.13. The van der Waals surface area contributed by atoms with Gasteiger partial charge in [0.1, 0.15) is 0 Å². The number of hydrogen-bond acceptors (Lipinski definition) is 1. The maximum atomic E-state index is 8.97. The van der Waals surface area contributed by atoms with Crippen LogP contribution in [0.3, 0.4) is 0 Å². The van der Waals surface area contributed by atoms with Crippen molar-refractivity contribution in [2.24, 2.45) is 5.92 Å². The van der Waals surface area contributed by atoms with Gasteiger partial charge in [-0.3, -0.25) is 0 Å². The Kier molecular flexibility index (Phi) is 5.25. The molecule has 0 amide bonds. The lowest BCUT2D eigenvalue weighted by Gasteiger charge is -2.22. The smallest absolute Gasteiger partial charge is 0.0433 e. The highest BCUT2D eigenvalue weighted by Crippen LogP contribution is 2.33. The van der Waals surface area contributed by atoms with Gasteiger partial charge in [-0.25, -0.2) is 0 Å². The van der Waals surface area contributed by atoms with Crippen LogP contribution >= 0.6 is 0 Å². The summed E-state index contributed by atoms with van der Waals surface area (Å²) in [6, 6.07) is 9.16. The first-order chi connectivity index (χ1) is 8.79. The zero-order chi connectivity index (χ0) is 12.8. The van der Waals surface area contributed by atoms with Gasteiger partial charge in [0.15, 0.2) is 0 Å². The Morgan fingerprint density at radius 1 is 1.22 bits per heavy atom. The Labute approximate surface area is 111 Å². The van der Waals surface area contributed by atoms with Gasteiger partial charge in [0, 0.05) is 6.61 Å². The topological polar surface area (TPSA) is 20.2 Å². The van der Waals surface area contributed by atoms with Crippen LogP contribution in [0, 0.1) is 5.92 Å². The molecule has 0 radical (unpaired) electrons. The molecule has 0 spiro atoms. The van der Waals surface area contributed by atoms with Gasteiger partial charge in [0.2, 0.25) is 0 Å². The average Bonchev–Trinajstić information content (AvgIpc) is 2.40. The van der Waals surface area contributed by atoms with Crippen LogP contribution < -0.4 is 0 Å². The molecule has 1 saturated carbocycles. The van der Waals surface area contributed by atoms with Crippen molar-refractivity contribution in [1.29, 1.82) is 0 Å². The van der Waals surface area contributed by atoms with Gasteiger partial charge in [-0.2, -0.15) is 0 Å². The van der Waals surface area contributed by atoms with Gasteiger partial charge in [-0.15, -0.1) is 0 Å². The molecule has 2 rings (SSSR count). The second-order valence-corrected chi connectivity index (χ2v) is 5.90. The van der Waals surface area contributed by atoms with Crippen LogP contribution in [0.4, 0.5) is 0 Å². The van der Waals surface area contributed by atoms with E-state index >= 15 is 0 Å². The van der Waals surface area contributed by atoms with E-state index < -0.39 is 0 Å². The Morgan fingerprint density at radius 3 is 2.72 bits per heavy atom. The van der Waals surface area contributed by atoms with Crippen LogP contribution in [0.2, 0.25) is 0 Å². The summed E-state index contributed by atoms with van der Waals surface area (Å²) in [6.07, 6.45) is 8.97. The van der Waals surface area contributed by atoms with Crippen LogP contribution in [0.15, 0.2) is 24.3 Å². The zero-order valence-corrected chi connectivity index (χ0v) is 11.6. The van der Waals surface area contributed by atoms with E-state index in [1.165, 1.54) is 37.7 Å². The molecule has 0 heterocycles. The SMILES string of the molecule is CC(CCO)Cc1cccc(C2CCCCC2)c1. The normalized spacial score (nSPS) is 18.8. The zero-order valence-electron chi connectivity index (χ0n) is 11.6. The van der Waals surface area contributed by atoms with Crippen molar-refractivity contribution >= 4 is 0 Å². The predicted molar refractivity (Wildman–Crippen MR) is 76.8 cm³/mol.